The van der Waals surface area contributed by atoms with Crippen molar-refractivity contribution in [3.63, 3.8) is 0 Å². The van der Waals surface area contributed by atoms with Gasteiger partial charge in [0.2, 0.25) is 0 Å². The number of amides is 1. The molecule has 6 nitrogen and oxygen atoms in total. The fourth-order valence-corrected chi connectivity index (χ4v) is 2.47. The lowest BCUT2D eigenvalue weighted by atomic mass is 10.0. The Labute approximate surface area is 125 Å². The molecular formula is C15H24N4O2. The van der Waals surface area contributed by atoms with Gasteiger partial charge in [0, 0.05) is 43.5 Å². The zero-order valence-corrected chi connectivity index (χ0v) is 13.2. The van der Waals surface area contributed by atoms with Gasteiger partial charge in [-0.05, 0) is 33.8 Å². The van der Waals surface area contributed by atoms with E-state index in [1.807, 2.05) is 26.8 Å². The van der Waals surface area contributed by atoms with Gasteiger partial charge in [-0.3, -0.25) is 0 Å². The third-order valence-corrected chi connectivity index (χ3v) is 3.61. The lowest BCUT2D eigenvalue weighted by molar-refractivity contribution is 0.000441. The number of rotatable bonds is 3. The van der Waals surface area contributed by atoms with E-state index in [2.05, 4.69) is 22.2 Å². The molecule has 0 saturated carbocycles. The van der Waals surface area contributed by atoms with Crippen molar-refractivity contribution in [2.24, 2.45) is 0 Å². The van der Waals surface area contributed by atoms with E-state index in [4.69, 9.17) is 4.74 Å². The van der Waals surface area contributed by atoms with Crippen molar-refractivity contribution in [2.75, 3.05) is 13.1 Å². The Morgan fingerprint density at radius 3 is 2.95 bits per heavy atom. The molecule has 2 heterocycles. The Morgan fingerprint density at radius 2 is 2.29 bits per heavy atom. The minimum Gasteiger partial charge on any atom is -0.443 e. The Balaban J connectivity index is 1.97. The van der Waals surface area contributed by atoms with Crippen molar-refractivity contribution in [1.29, 1.82) is 0 Å². The molecule has 2 atom stereocenters. The number of hydrogen-bond acceptors (Lipinski definition) is 5. The van der Waals surface area contributed by atoms with Crippen LogP contribution in [0, 0.1) is 0 Å². The topological polar surface area (TPSA) is 67.4 Å². The number of nitrogens with one attached hydrogen (secondary N) is 1. The summed E-state index contributed by atoms with van der Waals surface area (Å²) in [5.41, 5.74) is 0.267. The molecule has 1 amide bonds. The molecule has 2 rings (SSSR count). The average molecular weight is 292 g/mol. The molecule has 0 aromatic carbocycles. The van der Waals surface area contributed by atoms with Gasteiger partial charge in [-0.2, -0.15) is 0 Å². The standard InChI is InChI=1S/C15H24N4O2/c1-11-9-19(12(2)8-17-11)14(20)21-15(3,4)7-13-5-6-16-10-18-13/h5-6,10-12,17H,7-9H2,1-4H3. The number of piperazine rings is 1. The Bertz CT molecular complexity index is 478. The summed E-state index contributed by atoms with van der Waals surface area (Å²) in [5, 5.41) is 3.35. The van der Waals surface area contributed by atoms with Crippen LogP contribution < -0.4 is 5.32 Å². The molecule has 0 radical (unpaired) electrons. The third-order valence-electron chi connectivity index (χ3n) is 3.61. The Morgan fingerprint density at radius 1 is 1.52 bits per heavy atom. The second-order valence-corrected chi connectivity index (χ2v) is 6.32. The summed E-state index contributed by atoms with van der Waals surface area (Å²) in [6, 6.07) is 2.27. The van der Waals surface area contributed by atoms with Crippen LogP contribution in [0.3, 0.4) is 0 Å². The van der Waals surface area contributed by atoms with Gasteiger partial charge in [-0.25, -0.2) is 14.8 Å². The van der Waals surface area contributed by atoms with Gasteiger partial charge in [0.15, 0.2) is 0 Å². The van der Waals surface area contributed by atoms with E-state index in [1.54, 1.807) is 11.1 Å². The van der Waals surface area contributed by atoms with E-state index >= 15 is 0 Å². The summed E-state index contributed by atoms with van der Waals surface area (Å²) in [6.45, 7) is 9.37. The molecule has 1 N–H and O–H groups in total. The summed E-state index contributed by atoms with van der Waals surface area (Å²) in [7, 11) is 0. The first-order chi connectivity index (χ1) is 9.87. The first-order valence-electron chi connectivity index (χ1n) is 7.35. The minimum absolute atomic E-state index is 0.142. The molecule has 0 bridgehead atoms. The van der Waals surface area contributed by atoms with E-state index in [0.29, 0.717) is 19.0 Å². The zero-order chi connectivity index (χ0) is 15.5. The van der Waals surface area contributed by atoms with Gasteiger partial charge in [0.25, 0.3) is 0 Å². The lowest BCUT2D eigenvalue weighted by Crippen LogP contribution is -2.57. The predicted molar refractivity (Wildman–Crippen MR) is 79.9 cm³/mol. The first-order valence-corrected chi connectivity index (χ1v) is 7.35. The molecule has 1 aliphatic heterocycles. The quantitative estimate of drug-likeness (QED) is 0.917. The maximum atomic E-state index is 12.4. The van der Waals surface area contributed by atoms with E-state index < -0.39 is 5.60 Å². The van der Waals surface area contributed by atoms with Crippen molar-refractivity contribution in [2.45, 2.75) is 51.8 Å². The molecule has 1 fully saturated rings. The number of carbonyl (C=O) groups excluding carboxylic acids is 1. The summed E-state index contributed by atoms with van der Waals surface area (Å²) >= 11 is 0. The van der Waals surface area contributed by atoms with Crippen molar-refractivity contribution in [1.82, 2.24) is 20.2 Å². The lowest BCUT2D eigenvalue weighted by Gasteiger charge is -2.38. The molecule has 116 valence electrons. The van der Waals surface area contributed by atoms with Crippen LogP contribution in [0.25, 0.3) is 0 Å². The molecule has 21 heavy (non-hydrogen) atoms. The van der Waals surface area contributed by atoms with E-state index in [9.17, 15) is 4.79 Å². The monoisotopic (exact) mass is 292 g/mol. The van der Waals surface area contributed by atoms with Crippen LogP contribution >= 0.6 is 0 Å². The van der Waals surface area contributed by atoms with Crippen molar-refractivity contribution in [3.8, 4) is 0 Å². The Kier molecular flexibility index (Phi) is 4.77. The van der Waals surface area contributed by atoms with Gasteiger partial charge < -0.3 is 15.0 Å². The second kappa shape index (κ2) is 6.39. The summed E-state index contributed by atoms with van der Waals surface area (Å²) in [5.74, 6) is 0. The van der Waals surface area contributed by atoms with Crippen LogP contribution in [0.1, 0.15) is 33.4 Å². The molecule has 1 aromatic rings. The molecule has 0 aliphatic carbocycles. The van der Waals surface area contributed by atoms with E-state index in [1.165, 1.54) is 6.33 Å². The molecule has 1 aromatic heterocycles. The van der Waals surface area contributed by atoms with E-state index in [0.717, 1.165) is 12.2 Å². The largest absolute Gasteiger partial charge is 0.443 e. The fourth-order valence-electron chi connectivity index (χ4n) is 2.47. The van der Waals surface area contributed by atoms with Crippen LogP contribution in [0.15, 0.2) is 18.6 Å². The van der Waals surface area contributed by atoms with Crippen LogP contribution in [0.2, 0.25) is 0 Å². The molecule has 1 aliphatic rings. The van der Waals surface area contributed by atoms with Gasteiger partial charge in [0.05, 0.1) is 0 Å². The van der Waals surface area contributed by atoms with Gasteiger partial charge in [-0.15, -0.1) is 0 Å². The normalized spacial score (nSPS) is 23.0. The Hall–Kier alpha value is -1.69. The van der Waals surface area contributed by atoms with Gasteiger partial charge >= 0.3 is 6.09 Å². The number of ether oxygens (including phenoxy) is 1. The van der Waals surface area contributed by atoms with Crippen LogP contribution in [-0.4, -0.2) is 51.7 Å². The number of carbonyl (C=O) groups is 1. The van der Waals surface area contributed by atoms with Crippen molar-refractivity contribution in [3.05, 3.63) is 24.3 Å². The van der Waals surface area contributed by atoms with Crippen molar-refractivity contribution >= 4 is 6.09 Å². The highest BCUT2D eigenvalue weighted by atomic mass is 16.6. The minimum atomic E-state index is -0.598. The number of aromatic nitrogens is 2. The van der Waals surface area contributed by atoms with Crippen LogP contribution in [0.5, 0.6) is 0 Å². The van der Waals surface area contributed by atoms with Gasteiger partial charge in [-0.1, -0.05) is 0 Å². The maximum absolute atomic E-state index is 12.4. The summed E-state index contributed by atoms with van der Waals surface area (Å²) < 4.78 is 5.70. The number of nitrogens with zero attached hydrogens (tertiary/aromatic N) is 3. The average Bonchev–Trinajstić information content (AvgIpc) is 2.41. The second-order valence-electron chi connectivity index (χ2n) is 6.32. The summed E-state index contributed by atoms with van der Waals surface area (Å²) in [4.78, 5) is 22.3. The highest BCUT2D eigenvalue weighted by molar-refractivity contribution is 5.68. The molecule has 0 spiro atoms. The fraction of sp³-hybridized carbons (Fsp3) is 0.667. The molecule has 1 saturated heterocycles. The predicted octanol–water partition coefficient (Wildman–Crippen LogP) is 1.62. The number of hydrogen-bond donors (Lipinski definition) is 1. The third kappa shape index (κ3) is 4.39. The highest BCUT2D eigenvalue weighted by Crippen LogP contribution is 2.19. The van der Waals surface area contributed by atoms with E-state index in [-0.39, 0.29) is 12.1 Å². The molecule has 2 unspecified atom stereocenters. The summed E-state index contributed by atoms with van der Waals surface area (Å²) in [6.07, 6.45) is 3.51. The van der Waals surface area contributed by atoms with Crippen LogP contribution in [-0.2, 0) is 11.2 Å². The van der Waals surface area contributed by atoms with Crippen molar-refractivity contribution < 1.29 is 9.53 Å². The molecule has 6 heteroatoms. The maximum Gasteiger partial charge on any atom is 0.410 e. The first kappa shape index (κ1) is 15.7. The van der Waals surface area contributed by atoms with Crippen LogP contribution in [0.4, 0.5) is 4.79 Å². The smallest absolute Gasteiger partial charge is 0.410 e. The van der Waals surface area contributed by atoms with Gasteiger partial charge in [0.1, 0.15) is 11.9 Å². The molecular weight excluding hydrogens is 268 g/mol. The highest BCUT2D eigenvalue weighted by Gasteiger charge is 2.32. The SMILES string of the molecule is CC1CN(C(=O)OC(C)(C)Cc2ccncn2)C(C)CN1. The zero-order valence-electron chi connectivity index (χ0n) is 13.2.